The first-order valence-corrected chi connectivity index (χ1v) is 8.68. The van der Waals surface area contributed by atoms with Crippen LogP contribution >= 0.6 is 15.9 Å². The predicted octanol–water partition coefficient (Wildman–Crippen LogP) is 2.37. The standard InChI is InChI=1S/C15H13BrN2O4S/c1-22-14-6-5-12(16)9-11(14)4-7-15(19)18-23(20,21)13-3-2-8-17-10-13/h2-10H,1H3,(H,18,19). The molecule has 2 aromatic rings. The highest BCUT2D eigenvalue weighted by atomic mass is 79.9. The van der Waals surface area contributed by atoms with Crippen molar-refractivity contribution in [1.29, 1.82) is 0 Å². The Bertz CT molecular complexity index is 836. The number of benzene rings is 1. The van der Waals surface area contributed by atoms with Gasteiger partial charge in [0.2, 0.25) is 0 Å². The molecule has 0 unspecified atom stereocenters. The van der Waals surface area contributed by atoms with Crippen molar-refractivity contribution in [3.05, 3.63) is 58.8 Å². The molecule has 0 radical (unpaired) electrons. The van der Waals surface area contributed by atoms with Gasteiger partial charge >= 0.3 is 0 Å². The minimum atomic E-state index is -3.94. The zero-order valence-electron chi connectivity index (χ0n) is 12.1. The van der Waals surface area contributed by atoms with Gasteiger partial charge in [-0.05, 0) is 36.4 Å². The number of nitrogens with one attached hydrogen (secondary N) is 1. The summed E-state index contributed by atoms with van der Waals surface area (Å²) < 4.78 is 31.9. The molecule has 1 N–H and O–H groups in total. The van der Waals surface area contributed by atoms with Gasteiger partial charge in [-0.3, -0.25) is 9.78 Å². The molecule has 1 aromatic carbocycles. The summed E-state index contributed by atoms with van der Waals surface area (Å²) in [7, 11) is -2.43. The van der Waals surface area contributed by atoms with Gasteiger partial charge < -0.3 is 4.74 Å². The van der Waals surface area contributed by atoms with Gasteiger partial charge in [0.05, 0.1) is 7.11 Å². The Balaban J connectivity index is 2.15. The van der Waals surface area contributed by atoms with Gasteiger partial charge in [-0.1, -0.05) is 15.9 Å². The highest BCUT2D eigenvalue weighted by Gasteiger charge is 2.16. The fraction of sp³-hybridized carbons (Fsp3) is 0.0667. The molecule has 0 aliphatic heterocycles. The Morgan fingerprint density at radius 2 is 2.13 bits per heavy atom. The van der Waals surface area contributed by atoms with Gasteiger partial charge in [0.15, 0.2) is 0 Å². The molecule has 0 saturated heterocycles. The Morgan fingerprint density at radius 3 is 2.78 bits per heavy atom. The van der Waals surface area contributed by atoms with Crippen molar-refractivity contribution in [3.63, 3.8) is 0 Å². The molecule has 8 heteroatoms. The van der Waals surface area contributed by atoms with E-state index in [-0.39, 0.29) is 4.90 Å². The number of pyridine rings is 1. The van der Waals surface area contributed by atoms with E-state index in [1.807, 2.05) is 4.72 Å². The molecule has 2 rings (SSSR count). The van der Waals surface area contributed by atoms with Gasteiger partial charge in [-0.2, -0.15) is 0 Å². The van der Waals surface area contributed by atoms with E-state index in [1.165, 1.54) is 31.5 Å². The van der Waals surface area contributed by atoms with Gasteiger partial charge in [0.25, 0.3) is 15.9 Å². The lowest BCUT2D eigenvalue weighted by Crippen LogP contribution is -2.29. The second kappa shape index (κ2) is 7.38. The topological polar surface area (TPSA) is 85.4 Å². The molecule has 120 valence electrons. The third kappa shape index (κ3) is 4.64. The van der Waals surface area contributed by atoms with Crippen LogP contribution in [0.25, 0.3) is 6.08 Å². The quantitative estimate of drug-likeness (QED) is 0.784. The number of ether oxygens (including phenoxy) is 1. The van der Waals surface area contributed by atoms with E-state index in [0.717, 1.165) is 16.7 Å². The number of rotatable bonds is 5. The number of nitrogens with zero attached hydrogens (tertiary/aromatic N) is 1. The number of hydrogen-bond acceptors (Lipinski definition) is 5. The molecule has 0 aliphatic carbocycles. The summed E-state index contributed by atoms with van der Waals surface area (Å²) in [6.45, 7) is 0. The molecule has 1 amide bonds. The number of carbonyl (C=O) groups is 1. The Labute approximate surface area is 142 Å². The number of amides is 1. The first-order chi connectivity index (χ1) is 10.9. The molecule has 0 saturated carbocycles. The van der Waals surface area contributed by atoms with Crippen molar-refractivity contribution in [2.24, 2.45) is 0 Å². The van der Waals surface area contributed by atoms with Crippen LogP contribution in [-0.2, 0) is 14.8 Å². The lowest BCUT2D eigenvalue weighted by Gasteiger charge is -2.06. The van der Waals surface area contributed by atoms with Crippen molar-refractivity contribution >= 4 is 37.9 Å². The summed E-state index contributed by atoms with van der Waals surface area (Å²) in [5.74, 6) is -0.205. The van der Waals surface area contributed by atoms with Crippen molar-refractivity contribution in [3.8, 4) is 5.75 Å². The second-order valence-corrected chi connectivity index (χ2v) is 6.98. The summed E-state index contributed by atoms with van der Waals surface area (Å²) in [6.07, 6.45) is 5.20. The van der Waals surface area contributed by atoms with E-state index in [9.17, 15) is 13.2 Å². The number of sulfonamides is 1. The van der Waals surface area contributed by atoms with E-state index < -0.39 is 15.9 Å². The number of aromatic nitrogens is 1. The minimum absolute atomic E-state index is 0.0817. The number of halogens is 1. The van der Waals surface area contributed by atoms with E-state index >= 15 is 0 Å². The first-order valence-electron chi connectivity index (χ1n) is 6.41. The smallest absolute Gasteiger partial charge is 0.265 e. The normalized spacial score (nSPS) is 11.4. The van der Waals surface area contributed by atoms with Crippen LogP contribution in [0.5, 0.6) is 5.75 Å². The number of methoxy groups -OCH3 is 1. The van der Waals surface area contributed by atoms with Crippen molar-refractivity contribution in [2.75, 3.05) is 7.11 Å². The molecule has 0 atom stereocenters. The third-order valence-electron chi connectivity index (χ3n) is 2.79. The van der Waals surface area contributed by atoms with Crippen LogP contribution in [-0.4, -0.2) is 26.4 Å². The molecular weight excluding hydrogens is 384 g/mol. The van der Waals surface area contributed by atoms with Crippen LogP contribution in [0.15, 0.2) is 58.2 Å². The zero-order chi connectivity index (χ0) is 16.9. The molecule has 23 heavy (non-hydrogen) atoms. The number of hydrogen-bond donors (Lipinski definition) is 1. The molecule has 1 aromatic heterocycles. The molecule has 0 fully saturated rings. The summed E-state index contributed by atoms with van der Waals surface area (Å²) in [4.78, 5) is 15.5. The Kier molecular flexibility index (Phi) is 5.51. The van der Waals surface area contributed by atoms with E-state index in [4.69, 9.17) is 4.74 Å². The zero-order valence-corrected chi connectivity index (χ0v) is 14.5. The summed E-state index contributed by atoms with van der Waals surface area (Å²) >= 11 is 3.32. The molecule has 0 spiro atoms. The summed E-state index contributed by atoms with van der Waals surface area (Å²) in [5.41, 5.74) is 0.635. The van der Waals surface area contributed by atoms with E-state index in [2.05, 4.69) is 20.9 Å². The minimum Gasteiger partial charge on any atom is -0.496 e. The fourth-order valence-corrected chi connectivity index (χ4v) is 3.02. The maximum absolute atomic E-state index is 12.0. The monoisotopic (exact) mass is 396 g/mol. The molecule has 6 nitrogen and oxygen atoms in total. The second-order valence-electron chi connectivity index (χ2n) is 4.38. The fourth-order valence-electron chi connectivity index (χ4n) is 1.73. The highest BCUT2D eigenvalue weighted by Crippen LogP contribution is 2.24. The van der Waals surface area contributed by atoms with Gasteiger partial charge in [0.1, 0.15) is 10.6 Å². The summed E-state index contributed by atoms with van der Waals surface area (Å²) in [5, 5.41) is 0. The van der Waals surface area contributed by atoms with Crippen LogP contribution in [0.4, 0.5) is 0 Å². The molecule has 0 bridgehead atoms. The van der Waals surface area contributed by atoms with Crippen molar-refractivity contribution in [2.45, 2.75) is 4.90 Å². The lowest BCUT2D eigenvalue weighted by molar-refractivity contribution is -0.114. The largest absolute Gasteiger partial charge is 0.496 e. The predicted molar refractivity (Wildman–Crippen MR) is 89.3 cm³/mol. The van der Waals surface area contributed by atoms with Crippen LogP contribution in [0.1, 0.15) is 5.56 Å². The highest BCUT2D eigenvalue weighted by molar-refractivity contribution is 9.10. The van der Waals surface area contributed by atoms with Gasteiger partial charge in [-0.25, -0.2) is 13.1 Å². The van der Waals surface area contributed by atoms with E-state index in [1.54, 1.807) is 18.2 Å². The lowest BCUT2D eigenvalue weighted by atomic mass is 10.2. The molecule has 1 heterocycles. The van der Waals surface area contributed by atoms with Crippen molar-refractivity contribution in [1.82, 2.24) is 9.71 Å². The van der Waals surface area contributed by atoms with Crippen LogP contribution in [0.2, 0.25) is 0 Å². The first kappa shape index (κ1) is 17.2. The van der Waals surface area contributed by atoms with Gasteiger partial charge in [-0.15, -0.1) is 0 Å². The van der Waals surface area contributed by atoms with Crippen molar-refractivity contribution < 1.29 is 17.9 Å². The third-order valence-corrected chi connectivity index (χ3v) is 4.61. The Hall–Kier alpha value is -2.19. The molecular formula is C15H13BrN2O4S. The van der Waals surface area contributed by atoms with Gasteiger partial charge in [0, 0.05) is 28.5 Å². The maximum Gasteiger partial charge on any atom is 0.265 e. The maximum atomic E-state index is 12.0. The number of carbonyl (C=O) groups excluding carboxylic acids is 1. The average Bonchev–Trinajstić information content (AvgIpc) is 2.53. The molecule has 0 aliphatic rings. The summed E-state index contributed by atoms with van der Waals surface area (Å²) in [6, 6.07) is 8.10. The SMILES string of the molecule is COc1ccc(Br)cc1C=CC(=O)NS(=O)(=O)c1cccnc1. The Morgan fingerprint density at radius 1 is 1.35 bits per heavy atom. The van der Waals surface area contributed by atoms with E-state index in [0.29, 0.717) is 11.3 Å². The average molecular weight is 397 g/mol. The van der Waals surface area contributed by atoms with Crippen LogP contribution in [0, 0.1) is 0 Å². The van der Waals surface area contributed by atoms with Crippen LogP contribution < -0.4 is 9.46 Å². The van der Waals surface area contributed by atoms with Crippen LogP contribution in [0.3, 0.4) is 0 Å².